The van der Waals surface area contributed by atoms with Crippen molar-refractivity contribution in [3.8, 4) is 0 Å². The number of hydrogen-bond acceptors (Lipinski definition) is 5. The second-order valence-corrected chi connectivity index (χ2v) is 9.90. The average molecular weight is 513 g/mol. The maximum absolute atomic E-state index is 13.1. The van der Waals surface area contributed by atoms with E-state index in [-0.39, 0.29) is 24.2 Å². The maximum atomic E-state index is 13.1. The molecular formula is C28H40N4O5. The molecule has 202 valence electrons. The van der Waals surface area contributed by atoms with E-state index in [1.807, 2.05) is 51.1 Å². The lowest BCUT2D eigenvalue weighted by atomic mass is 9.91. The SMILES string of the molecule is CCC[C@H](NC(=O)/C=C/c1ccccc1)C(=O)N[C@@H](CC(C)C)C(=O)N[C@H](C=O)C[C@@H]1CCCNC1=O. The Bertz CT molecular complexity index is 947. The molecule has 1 aliphatic heterocycles. The van der Waals surface area contributed by atoms with Crippen molar-refractivity contribution < 1.29 is 24.0 Å². The second-order valence-electron chi connectivity index (χ2n) is 9.90. The van der Waals surface area contributed by atoms with Crippen molar-refractivity contribution in [2.75, 3.05) is 6.54 Å². The van der Waals surface area contributed by atoms with Gasteiger partial charge in [-0.15, -0.1) is 0 Å². The number of hydrogen-bond donors (Lipinski definition) is 4. The quantitative estimate of drug-likeness (QED) is 0.224. The van der Waals surface area contributed by atoms with Gasteiger partial charge in [0.1, 0.15) is 18.4 Å². The van der Waals surface area contributed by atoms with Gasteiger partial charge in [0, 0.05) is 18.5 Å². The molecular weight excluding hydrogens is 472 g/mol. The van der Waals surface area contributed by atoms with Crippen LogP contribution in [0.1, 0.15) is 64.9 Å². The molecule has 1 aliphatic rings. The summed E-state index contributed by atoms with van der Waals surface area (Å²) in [4.78, 5) is 62.4. The largest absolute Gasteiger partial charge is 0.356 e. The average Bonchev–Trinajstić information content (AvgIpc) is 2.87. The molecule has 0 radical (unpaired) electrons. The third-order valence-electron chi connectivity index (χ3n) is 6.21. The number of piperidine rings is 1. The highest BCUT2D eigenvalue weighted by Crippen LogP contribution is 2.17. The van der Waals surface area contributed by atoms with E-state index in [0.717, 1.165) is 12.0 Å². The highest BCUT2D eigenvalue weighted by atomic mass is 16.2. The van der Waals surface area contributed by atoms with Gasteiger partial charge in [0.05, 0.1) is 6.04 Å². The van der Waals surface area contributed by atoms with Gasteiger partial charge in [0.25, 0.3) is 0 Å². The summed E-state index contributed by atoms with van der Waals surface area (Å²) >= 11 is 0. The first-order valence-corrected chi connectivity index (χ1v) is 13.1. The number of aldehydes is 1. The van der Waals surface area contributed by atoms with Gasteiger partial charge in [0.2, 0.25) is 23.6 Å². The van der Waals surface area contributed by atoms with Crippen LogP contribution in [0.5, 0.6) is 0 Å². The Morgan fingerprint density at radius 3 is 2.38 bits per heavy atom. The molecule has 37 heavy (non-hydrogen) atoms. The minimum atomic E-state index is -0.883. The molecule has 0 saturated carbocycles. The second kappa shape index (κ2) is 15.6. The number of nitrogens with one attached hydrogen (secondary N) is 4. The van der Waals surface area contributed by atoms with Crippen LogP contribution < -0.4 is 21.3 Å². The molecule has 0 aliphatic carbocycles. The molecule has 4 amide bonds. The molecule has 1 aromatic carbocycles. The van der Waals surface area contributed by atoms with Crippen LogP contribution in [0.25, 0.3) is 6.08 Å². The summed E-state index contributed by atoms with van der Waals surface area (Å²) in [7, 11) is 0. The van der Waals surface area contributed by atoms with Gasteiger partial charge in [-0.1, -0.05) is 57.5 Å². The van der Waals surface area contributed by atoms with Gasteiger partial charge in [-0.3, -0.25) is 19.2 Å². The summed E-state index contributed by atoms with van der Waals surface area (Å²) in [5.41, 5.74) is 0.859. The summed E-state index contributed by atoms with van der Waals surface area (Å²) in [6.07, 6.45) is 6.78. The van der Waals surface area contributed by atoms with E-state index >= 15 is 0 Å². The van der Waals surface area contributed by atoms with Crippen molar-refractivity contribution in [1.82, 2.24) is 21.3 Å². The Morgan fingerprint density at radius 2 is 1.76 bits per heavy atom. The van der Waals surface area contributed by atoms with E-state index in [2.05, 4.69) is 21.3 Å². The molecule has 1 fully saturated rings. The van der Waals surface area contributed by atoms with Crippen LogP contribution in [-0.4, -0.2) is 54.6 Å². The molecule has 1 saturated heterocycles. The van der Waals surface area contributed by atoms with Crippen LogP contribution in [0.2, 0.25) is 0 Å². The van der Waals surface area contributed by atoms with E-state index in [4.69, 9.17) is 0 Å². The summed E-state index contributed by atoms with van der Waals surface area (Å²) < 4.78 is 0. The van der Waals surface area contributed by atoms with Gasteiger partial charge in [-0.2, -0.15) is 0 Å². The van der Waals surface area contributed by atoms with Crippen LogP contribution in [0.4, 0.5) is 0 Å². The molecule has 0 bridgehead atoms. The Morgan fingerprint density at radius 1 is 1.05 bits per heavy atom. The van der Waals surface area contributed by atoms with Crippen molar-refractivity contribution >= 4 is 36.0 Å². The molecule has 2 rings (SSSR count). The van der Waals surface area contributed by atoms with Gasteiger partial charge < -0.3 is 26.1 Å². The molecule has 9 heteroatoms. The van der Waals surface area contributed by atoms with Crippen molar-refractivity contribution in [1.29, 1.82) is 0 Å². The van der Waals surface area contributed by atoms with Crippen molar-refractivity contribution in [3.05, 3.63) is 42.0 Å². The summed E-state index contributed by atoms with van der Waals surface area (Å²) in [5, 5.41) is 11.0. The number of carbonyl (C=O) groups is 5. The smallest absolute Gasteiger partial charge is 0.244 e. The van der Waals surface area contributed by atoms with E-state index < -0.39 is 35.8 Å². The standard InChI is InChI=1S/C28H40N4O5/c1-4-9-23(31-25(34)14-13-20-10-6-5-7-11-20)27(36)32-24(16-19(2)3)28(37)30-22(18-33)17-21-12-8-15-29-26(21)35/h5-7,10-11,13-14,18-19,21-24H,4,8-9,12,15-17H2,1-3H3,(H,29,35)(H,30,37)(H,31,34)(H,32,36)/b14-13+/t21-,22-,23-,24-/m0/s1. The molecule has 0 spiro atoms. The first-order valence-electron chi connectivity index (χ1n) is 13.1. The lowest BCUT2D eigenvalue weighted by Gasteiger charge is -2.27. The minimum Gasteiger partial charge on any atom is -0.356 e. The first kappa shape index (κ1) is 29.7. The number of amides is 4. The molecule has 4 atom stereocenters. The topological polar surface area (TPSA) is 133 Å². The normalized spacial score (nSPS) is 17.9. The van der Waals surface area contributed by atoms with Crippen LogP contribution >= 0.6 is 0 Å². The molecule has 0 unspecified atom stereocenters. The fourth-order valence-corrected chi connectivity index (χ4v) is 4.29. The van der Waals surface area contributed by atoms with Crippen LogP contribution in [0.3, 0.4) is 0 Å². The third-order valence-corrected chi connectivity index (χ3v) is 6.21. The summed E-state index contributed by atoms with van der Waals surface area (Å²) in [6.45, 7) is 6.37. The van der Waals surface area contributed by atoms with Crippen LogP contribution in [0, 0.1) is 11.8 Å². The van der Waals surface area contributed by atoms with E-state index in [1.54, 1.807) is 6.08 Å². The highest BCUT2D eigenvalue weighted by Gasteiger charge is 2.30. The van der Waals surface area contributed by atoms with Gasteiger partial charge >= 0.3 is 0 Å². The Kier molecular flexibility index (Phi) is 12.5. The molecule has 4 N–H and O–H groups in total. The molecule has 1 heterocycles. The molecule has 9 nitrogen and oxygen atoms in total. The van der Waals surface area contributed by atoms with Gasteiger partial charge in [0.15, 0.2) is 0 Å². The van der Waals surface area contributed by atoms with Crippen LogP contribution in [-0.2, 0) is 24.0 Å². The maximum Gasteiger partial charge on any atom is 0.244 e. The zero-order valence-electron chi connectivity index (χ0n) is 22.0. The Labute approximate surface area is 219 Å². The monoisotopic (exact) mass is 512 g/mol. The fourth-order valence-electron chi connectivity index (χ4n) is 4.29. The van der Waals surface area contributed by atoms with Gasteiger partial charge in [-0.05, 0) is 49.7 Å². The van der Waals surface area contributed by atoms with Crippen molar-refractivity contribution in [2.24, 2.45) is 11.8 Å². The lowest BCUT2D eigenvalue weighted by Crippen LogP contribution is -2.55. The number of benzene rings is 1. The zero-order chi connectivity index (χ0) is 27.2. The summed E-state index contributed by atoms with van der Waals surface area (Å²) in [5.74, 6) is -1.72. The molecule has 0 aromatic heterocycles. The number of carbonyl (C=O) groups excluding carboxylic acids is 5. The Hall–Kier alpha value is -3.49. The zero-order valence-corrected chi connectivity index (χ0v) is 22.0. The van der Waals surface area contributed by atoms with Crippen molar-refractivity contribution in [2.45, 2.75) is 77.4 Å². The lowest BCUT2D eigenvalue weighted by molar-refractivity contribution is -0.133. The van der Waals surface area contributed by atoms with E-state index in [1.165, 1.54) is 6.08 Å². The first-order chi connectivity index (χ1) is 17.7. The molecule has 1 aromatic rings. The van der Waals surface area contributed by atoms with Crippen molar-refractivity contribution in [3.63, 3.8) is 0 Å². The predicted octanol–water partition coefficient (Wildman–Crippen LogP) is 2.12. The highest BCUT2D eigenvalue weighted by molar-refractivity contribution is 5.97. The Balaban J connectivity index is 2.02. The summed E-state index contributed by atoms with van der Waals surface area (Å²) in [6, 6.07) is 6.81. The number of rotatable bonds is 14. The van der Waals surface area contributed by atoms with Gasteiger partial charge in [-0.25, -0.2) is 0 Å². The minimum absolute atomic E-state index is 0.0860. The fraction of sp³-hybridized carbons (Fsp3) is 0.536. The van der Waals surface area contributed by atoms with E-state index in [0.29, 0.717) is 38.5 Å². The third kappa shape index (κ3) is 10.6. The van der Waals surface area contributed by atoms with E-state index in [9.17, 15) is 24.0 Å². The van der Waals surface area contributed by atoms with Crippen LogP contribution in [0.15, 0.2) is 36.4 Å². The predicted molar refractivity (Wildman–Crippen MR) is 142 cm³/mol.